The van der Waals surface area contributed by atoms with Crippen LogP contribution in [0, 0.1) is 0 Å². The lowest BCUT2D eigenvalue weighted by Gasteiger charge is -2.12. The van der Waals surface area contributed by atoms with Crippen molar-refractivity contribution in [2.24, 2.45) is 0 Å². The Morgan fingerprint density at radius 3 is 2.86 bits per heavy atom. The van der Waals surface area contributed by atoms with E-state index < -0.39 is 0 Å². The molecule has 1 aromatic heterocycles. The summed E-state index contributed by atoms with van der Waals surface area (Å²) >= 11 is 3.50. The molecule has 0 atom stereocenters. The number of hydrogen-bond acceptors (Lipinski definition) is 4. The van der Waals surface area contributed by atoms with E-state index in [9.17, 15) is 0 Å². The number of rotatable bonds is 6. The predicted molar refractivity (Wildman–Crippen MR) is 89.7 cm³/mol. The number of nitrogens with zero attached hydrogens (tertiary/aromatic N) is 2. The minimum absolute atomic E-state index is 0.501. The monoisotopic (exact) mass is 347 g/mol. The summed E-state index contributed by atoms with van der Waals surface area (Å²) in [6, 6.07) is 7.84. The Bertz CT molecular complexity index is 629. The van der Waals surface area contributed by atoms with Gasteiger partial charge in [-0.2, -0.15) is 0 Å². The molecule has 0 bridgehead atoms. The summed E-state index contributed by atoms with van der Waals surface area (Å²) in [5, 5.41) is 3.24. The van der Waals surface area contributed by atoms with Gasteiger partial charge in [-0.05, 0) is 35.3 Å². The second-order valence-electron chi connectivity index (χ2n) is 4.41. The summed E-state index contributed by atoms with van der Waals surface area (Å²) in [4.78, 5) is 8.41. The van der Waals surface area contributed by atoms with Crippen molar-refractivity contribution in [2.75, 3.05) is 11.9 Å². The van der Waals surface area contributed by atoms with Crippen LogP contribution in [0.25, 0.3) is 6.08 Å². The van der Waals surface area contributed by atoms with Crippen LogP contribution in [0.4, 0.5) is 5.82 Å². The second-order valence-corrected chi connectivity index (χ2v) is 5.20. The summed E-state index contributed by atoms with van der Waals surface area (Å²) in [6.45, 7) is 4.93. The molecule has 0 aliphatic carbocycles. The molecule has 0 fully saturated rings. The zero-order valence-electron chi connectivity index (χ0n) is 12.1. The molecule has 21 heavy (non-hydrogen) atoms. The van der Waals surface area contributed by atoms with Crippen molar-refractivity contribution in [3.63, 3.8) is 0 Å². The number of ether oxygens (including phenoxy) is 1. The average molecular weight is 348 g/mol. The van der Waals surface area contributed by atoms with Crippen LogP contribution in [0.15, 0.2) is 41.1 Å². The van der Waals surface area contributed by atoms with Crippen LogP contribution in [-0.2, 0) is 0 Å². The predicted octanol–water partition coefficient (Wildman–Crippen LogP) is 4.89. The van der Waals surface area contributed by atoms with Gasteiger partial charge >= 0.3 is 0 Å². The highest BCUT2D eigenvalue weighted by atomic mass is 79.9. The van der Waals surface area contributed by atoms with Crippen molar-refractivity contribution in [3.8, 4) is 11.6 Å². The molecule has 110 valence electrons. The minimum Gasteiger partial charge on any atom is -0.437 e. The minimum atomic E-state index is 0.501. The van der Waals surface area contributed by atoms with E-state index in [-0.39, 0.29) is 0 Å². The Morgan fingerprint density at radius 2 is 2.10 bits per heavy atom. The van der Waals surface area contributed by atoms with E-state index in [1.807, 2.05) is 43.3 Å². The van der Waals surface area contributed by atoms with E-state index in [1.54, 1.807) is 0 Å². The first kappa shape index (κ1) is 15.5. The summed E-state index contributed by atoms with van der Waals surface area (Å²) in [5.41, 5.74) is 1.01. The molecule has 2 aromatic rings. The normalized spacial score (nSPS) is 10.8. The third-order valence-corrected chi connectivity index (χ3v) is 3.49. The van der Waals surface area contributed by atoms with Crippen molar-refractivity contribution in [2.45, 2.75) is 20.3 Å². The quantitative estimate of drug-likeness (QED) is 0.808. The summed E-state index contributed by atoms with van der Waals surface area (Å²) in [5.74, 6) is 2.00. The first-order valence-electron chi connectivity index (χ1n) is 6.90. The zero-order valence-corrected chi connectivity index (χ0v) is 13.7. The molecule has 0 radical (unpaired) electrons. The molecule has 0 spiro atoms. The highest BCUT2D eigenvalue weighted by molar-refractivity contribution is 9.10. The number of anilines is 1. The van der Waals surface area contributed by atoms with Crippen LogP contribution in [0.5, 0.6) is 11.6 Å². The Morgan fingerprint density at radius 1 is 1.29 bits per heavy atom. The van der Waals surface area contributed by atoms with Crippen LogP contribution in [0.2, 0.25) is 0 Å². The van der Waals surface area contributed by atoms with Crippen molar-refractivity contribution < 1.29 is 4.74 Å². The molecule has 5 heteroatoms. The standard InChI is InChI=1S/C16H18BrN3O/c1-3-7-12-8-5-6-9-13(12)21-16-14(17)15(18-10-4-2)19-11-20-16/h3,5-9,11H,4,10H2,1-2H3,(H,18,19,20)/b7-3+. The smallest absolute Gasteiger partial charge is 0.238 e. The van der Waals surface area contributed by atoms with Gasteiger partial charge in [0.2, 0.25) is 5.88 Å². The van der Waals surface area contributed by atoms with E-state index in [2.05, 4.69) is 38.1 Å². The highest BCUT2D eigenvalue weighted by Gasteiger charge is 2.11. The molecule has 0 saturated carbocycles. The maximum atomic E-state index is 5.92. The zero-order chi connectivity index (χ0) is 15.1. The van der Waals surface area contributed by atoms with Crippen molar-refractivity contribution in [3.05, 3.63) is 46.7 Å². The Balaban J connectivity index is 2.28. The van der Waals surface area contributed by atoms with Gasteiger partial charge in [0.25, 0.3) is 0 Å². The van der Waals surface area contributed by atoms with Crippen molar-refractivity contribution in [1.29, 1.82) is 0 Å². The third-order valence-electron chi connectivity index (χ3n) is 2.77. The SMILES string of the molecule is C/C=C/c1ccccc1Oc1ncnc(NCCC)c1Br. The van der Waals surface area contributed by atoms with E-state index in [4.69, 9.17) is 4.74 Å². The molecule has 2 rings (SSSR count). The van der Waals surface area contributed by atoms with Crippen LogP contribution < -0.4 is 10.1 Å². The van der Waals surface area contributed by atoms with Crippen LogP contribution >= 0.6 is 15.9 Å². The van der Waals surface area contributed by atoms with E-state index in [1.165, 1.54) is 6.33 Å². The van der Waals surface area contributed by atoms with E-state index in [0.717, 1.165) is 34.6 Å². The Hall–Kier alpha value is -1.88. The first-order valence-corrected chi connectivity index (χ1v) is 7.69. The van der Waals surface area contributed by atoms with Gasteiger partial charge in [-0.15, -0.1) is 0 Å². The van der Waals surface area contributed by atoms with Crippen LogP contribution in [0.1, 0.15) is 25.8 Å². The fourth-order valence-electron chi connectivity index (χ4n) is 1.79. The molecule has 0 aliphatic heterocycles. The van der Waals surface area contributed by atoms with Crippen LogP contribution in [-0.4, -0.2) is 16.5 Å². The fraction of sp³-hybridized carbons (Fsp3) is 0.250. The Labute approximate surface area is 133 Å². The molecular formula is C16H18BrN3O. The van der Waals surface area contributed by atoms with Gasteiger partial charge in [0.1, 0.15) is 22.4 Å². The van der Waals surface area contributed by atoms with Gasteiger partial charge in [-0.3, -0.25) is 0 Å². The largest absolute Gasteiger partial charge is 0.437 e. The molecule has 0 aliphatic rings. The maximum Gasteiger partial charge on any atom is 0.238 e. The van der Waals surface area contributed by atoms with Gasteiger partial charge in [0.15, 0.2) is 0 Å². The van der Waals surface area contributed by atoms with E-state index >= 15 is 0 Å². The lowest BCUT2D eigenvalue weighted by atomic mass is 10.2. The lowest BCUT2D eigenvalue weighted by Crippen LogP contribution is -2.04. The summed E-state index contributed by atoms with van der Waals surface area (Å²) < 4.78 is 6.65. The topological polar surface area (TPSA) is 47.0 Å². The number of benzene rings is 1. The van der Waals surface area contributed by atoms with Gasteiger partial charge in [0.05, 0.1) is 0 Å². The molecule has 0 amide bonds. The number of allylic oxidation sites excluding steroid dienone is 1. The van der Waals surface area contributed by atoms with Gasteiger partial charge in [0, 0.05) is 12.1 Å². The molecule has 4 nitrogen and oxygen atoms in total. The fourth-order valence-corrected chi connectivity index (χ4v) is 2.21. The molecule has 0 unspecified atom stereocenters. The van der Waals surface area contributed by atoms with Crippen molar-refractivity contribution in [1.82, 2.24) is 9.97 Å². The number of hydrogen-bond donors (Lipinski definition) is 1. The molecule has 1 N–H and O–H groups in total. The molecule has 0 saturated heterocycles. The summed E-state index contributed by atoms with van der Waals surface area (Å²) in [6.07, 6.45) is 6.50. The van der Waals surface area contributed by atoms with Crippen LogP contribution in [0.3, 0.4) is 0 Å². The first-order chi connectivity index (χ1) is 10.3. The van der Waals surface area contributed by atoms with Crippen molar-refractivity contribution >= 4 is 27.8 Å². The average Bonchev–Trinajstić information content (AvgIpc) is 2.50. The second kappa shape index (κ2) is 7.78. The summed E-state index contributed by atoms with van der Waals surface area (Å²) in [7, 11) is 0. The van der Waals surface area contributed by atoms with Gasteiger partial charge in [-0.25, -0.2) is 9.97 Å². The maximum absolute atomic E-state index is 5.92. The highest BCUT2D eigenvalue weighted by Crippen LogP contribution is 2.33. The number of aromatic nitrogens is 2. The van der Waals surface area contributed by atoms with Gasteiger partial charge in [-0.1, -0.05) is 37.3 Å². The van der Waals surface area contributed by atoms with Gasteiger partial charge < -0.3 is 10.1 Å². The Kier molecular flexibility index (Phi) is 5.75. The molecule has 1 heterocycles. The number of nitrogens with one attached hydrogen (secondary N) is 1. The third kappa shape index (κ3) is 4.04. The number of para-hydroxylation sites is 1. The molecular weight excluding hydrogens is 330 g/mol. The molecule has 1 aromatic carbocycles. The number of halogens is 1. The van der Waals surface area contributed by atoms with E-state index in [0.29, 0.717) is 5.88 Å². The lowest BCUT2D eigenvalue weighted by molar-refractivity contribution is 0.457.